The van der Waals surface area contributed by atoms with Gasteiger partial charge in [0.05, 0.1) is 17.5 Å². The summed E-state index contributed by atoms with van der Waals surface area (Å²) in [7, 11) is 0. The SMILES string of the molecule is Cc1ccc(-c2ccccc2NC(=O)[C@@H]2[C@@H](C(=O)O)[C@H]3C=C[C@H]2C3)o1. The van der Waals surface area contributed by atoms with Crippen molar-refractivity contribution in [2.45, 2.75) is 13.3 Å². The van der Waals surface area contributed by atoms with Gasteiger partial charge in [-0.05, 0) is 49.4 Å². The molecule has 0 spiro atoms. The Hall–Kier alpha value is -2.82. The molecule has 1 heterocycles. The molecule has 1 amide bonds. The lowest BCUT2D eigenvalue weighted by atomic mass is 9.82. The van der Waals surface area contributed by atoms with Crippen LogP contribution in [0.15, 0.2) is 53.0 Å². The molecule has 2 N–H and O–H groups in total. The Labute approximate surface area is 145 Å². The van der Waals surface area contributed by atoms with E-state index >= 15 is 0 Å². The van der Waals surface area contributed by atoms with Gasteiger partial charge in [-0.1, -0.05) is 24.3 Å². The molecule has 25 heavy (non-hydrogen) atoms. The van der Waals surface area contributed by atoms with Gasteiger partial charge in [-0.15, -0.1) is 0 Å². The van der Waals surface area contributed by atoms with Gasteiger partial charge in [0.25, 0.3) is 0 Å². The van der Waals surface area contributed by atoms with Crippen LogP contribution >= 0.6 is 0 Å². The smallest absolute Gasteiger partial charge is 0.307 e. The number of nitrogens with one attached hydrogen (secondary N) is 1. The van der Waals surface area contributed by atoms with Crippen LogP contribution in [0.3, 0.4) is 0 Å². The molecule has 4 atom stereocenters. The Kier molecular flexibility index (Phi) is 3.71. The van der Waals surface area contributed by atoms with Crippen LogP contribution in [0, 0.1) is 30.6 Å². The highest BCUT2D eigenvalue weighted by Crippen LogP contribution is 2.48. The third-order valence-corrected chi connectivity index (χ3v) is 5.24. The highest BCUT2D eigenvalue weighted by Gasteiger charge is 2.51. The van der Waals surface area contributed by atoms with Crippen LogP contribution in [-0.4, -0.2) is 17.0 Å². The zero-order valence-corrected chi connectivity index (χ0v) is 13.8. The van der Waals surface area contributed by atoms with Crippen molar-refractivity contribution < 1.29 is 19.1 Å². The number of amides is 1. The molecule has 1 aromatic heterocycles. The summed E-state index contributed by atoms with van der Waals surface area (Å²) in [6, 6.07) is 11.1. The van der Waals surface area contributed by atoms with Crippen molar-refractivity contribution in [3.63, 3.8) is 0 Å². The zero-order valence-electron chi connectivity index (χ0n) is 13.8. The zero-order chi connectivity index (χ0) is 17.6. The van der Waals surface area contributed by atoms with E-state index in [1.165, 1.54) is 0 Å². The molecular formula is C20H19NO4. The fourth-order valence-corrected chi connectivity index (χ4v) is 4.12. The highest BCUT2D eigenvalue weighted by molar-refractivity contribution is 5.99. The maximum Gasteiger partial charge on any atom is 0.307 e. The number of aryl methyl sites for hydroxylation is 1. The highest BCUT2D eigenvalue weighted by atomic mass is 16.4. The van der Waals surface area contributed by atoms with Gasteiger partial charge in [0.1, 0.15) is 11.5 Å². The number of carboxylic acid groups (broad SMARTS) is 1. The molecule has 1 fully saturated rings. The van der Waals surface area contributed by atoms with Gasteiger partial charge in [-0.25, -0.2) is 0 Å². The number of para-hydroxylation sites is 1. The number of aliphatic carboxylic acids is 1. The summed E-state index contributed by atoms with van der Waals surface area (Å²) in [5.74, 6) is -0.875. The molecule has 128 valence electrons. The second-order valence-electron chi connectivity index (χ2n) is 6.78. The van der Waals surface area contributed by atoms with E-state index in [0.29, 0.717) is 11.4 Å². The summed E-state index contributed by atoms with van der Waals surface area (Å²) in [6.45, 7) is 1.86. The first kappa shape index (κ1) is 15.7. The number of carboxylic acids is 1. The van der Waals surface area contributed by atoms with Gasteiger partial charge in [0, 0.05) is 5.56 Å². The van der Waals surface area contributed by atoms with Crippen LogP contribution in [0.4, 0.5) is 5.69 Å². The molecule has 2 aliphatic rings. The number of hydrogen-bond donors (Lipinski definition) is 2. The first-order chi connectivity index (χ1) is 12.0. The number of allylic oxidation sites excluding steroid dienone is 2. The van der Waals surface area contributed by atoms with Crippen molar-refractivity contribution in [2.24, 2.45) is 23.7 Å². The average Bonchev–Trinajstić information content (AvgIpc) is 3.30. The molecule has 5 heteroatoms. The Balaban J connectivity index is 1.62. The summed E-state index contributed by atoms with van der Waals surface area (Å²) in [6.07, 6.45) is 4.66. The molecule has 1 saturated carbocycles. The minimum absolute atomic E-state index is 0.00381. The van der Waals surface area contributed by atoms with Crippen molar-refractivity contribution in [3.8, 4) is 11.3 Å². The molecule has 5 nitrogen and oxygen atoms in total. The summed E-state index contributed by atoms with van der Waals surface area (Å²) < 4.78 is 5.67. The minimum Gasteiger partial charge on any atom is -0.481 e. The molecule has 2 aliphatic carbocycles. The van der Waals surface area contributed by atoms with Crippen LogP contribution < -0.4 is 5.32 Å². The van der Waals surface area contributed by atoms with Gasteiger partial charge < -0.3 is 14.8 Å². The van der Waals surface area contributed by atoms with Gasteiger partial charge in [0.15, 0.2) is 0 Å². The van der Waals surface area contributed by atoms with Crippen molar-refractivity contribution in [1.29, 1.82) is 0 Å². The lowest BCUT2D eigenvalue weighted by Crippen LogP contribution is -2.36. The summed E-state index contributed by atoms with van der Waals surface area (Å²) >= 11 is 0. The molecule has 0 unspecified atom stereocenters. The van der Waals surface area contributed by atoms with Gasteiger partial charge in [-0.2, -0.15) is 0 Å². The Morgan fingerprint density at radius 2 is 1.80 bits per heavy atom. The van der Waals surface area contributed by atoms with Crippen molar-refractivity contribution in [3.05, 3.63) is 54.3 Å². The van der Waals surface area contributed by atoms with Crippen LogP contribution in [0.5, 0.6) is 0 Å². The van der Waals surface area contributed by atoms with E-state index in [1.807, 2.05) is 55.5 Å². The topological polar surface area (TPSA) is 79.5 Å². The molecule has 0 aliphatic heterocycles. The number of fused-ring (bicyclic) bond motifs is 2. The Morgan fingerprint density at radius 1 is 1.08 bits per heavy atom. The van der Waals surface area contributed by atoms with E-state index in [9.17, 15) is 14.7 Å². The Morgan fingerprint density at radius 3 is 2.48 bits per heavy atom. The van der Waals surface area contributed by atoms with Crippen LogP contribution in [0.2, 0.25) is 0 Å². The average molecular weight is 337 g/mol. The van der Waals surface area contributed by atoms with Gasteiger partial charge >= 0.3 is 5.97 Å². The van der Waals surface area contributed by atoms with Crippen LogP contribution in [-0.2, 0) is 9.59 Å². The fourth-order valence-electron chi connectivity index (χ4n) is 4.12. The Bertz CT molecular complexity index is 866. The quantitative estimate of drug-likeness (QED) is 0.834. The maximum absolute atomic E-state index is 12.9. The van der Waals surface area contributed by atoms with Crippen molar-refractivity contribution in [2.75, 3.05) is 5.32 Å². The molecule has 0 radical (unpaired) electrons. The van der Waals surface area contributed by atoms with Crippen molar-refractivity contribution >= 4 is 17.6 Å². The first-order valence-corrected chi connectivity index (χ1v) is 8.42. The van der Waals surface area contributed by atoms with Crippen LogP contribution in [0.25, 0.3) is 11.3 Å². The predicted molar refractivity (Wildman–Crippen MR) is 92.9 cm³/mol. The molecule has 1 aromatic carbocycles. The second kappa shape index (κ2) is 5.92. The number of carbonyl (C=O) groups excluding carboxylic acids is 1. The van der Waals surface area contributed by atoms with E-state index in [4.69, 9.17) is 4.42 Å². The minimum atomic E-state index is -0.896. The normalized spacial score (nSPS) is 26.8. The molecule has 2 aromatic rings. The number of carbonyl (C=O) groups is 2. The predicted octanol–water partition coefficient (Wildman–Crippen LogP) is 3.72. The number of hydrogen-bond acceptors (Lipinski definition) is 3. The monoisotopic (exact) mass is 337 g/mol. The first-order valence-electron chi connectivity index (χ1n) is 8.42. The van der Waals surface area contributed by atoms with Crippen LogP contribution in [0.1, 0.15) is 12.2 Å². The molecular weight excluding hydrogens is 318 g/mol. The van der Waals surface area contributed by atoms with E-state index in [1.54, 1.807) is 0 Å². The van der Waals surface area contributed by atoms with Gasteiger partial charge in [0.2, 0.25) is 5.91 Å². The maximum atomic E-state index is 12.9. The molecule has 2 bridgehead atoms. The standard InChI is InChI=1S/C20H19NO4/c1-11-6-9-16(25-11)14-4-2-3-5-15(14)21-19(22)17-12-7-8-13(10-12)18(17)20(23)24/h2-9,12-13,17-18H,10H2,1H3,(H,21,22)(H,23,24)/t12-,13-,17-,18-/m0/s1. The summed E-state index contributed by atoms with van der Waals surface area (Å²) in [4.78, 5) is 24.5. The second-order valence-corrected chi connectivity index (χ2v) is 6.78. The summed E-state index contributed by atoms with van der Waals surface area (Å²) in [5, 5.41) is 12.5. The number of benzene rings is 1. The number of furan rings is 1. The number of anilines is 1. The van der Waals surface area contributed by atoms with E-state index in [-0.39, 0.29) is 17.7 Å². The third-order valence-electron chi connectivity index (χ3n) is 5.24. The molecule has 4 rings (SSSR count). The summed E-state index contributed by atoms with van der Waals surface area (Å²) in [5.41, 5.74) is 1.42. The van der Waals surface area contributed by atoms with Gasteiger partial charge in [-0.3, -0.25) is 9.59 Å². The lowest BCUT2D eigenvalue weighted by molar-refractivity contribution is -0.146. The largest absolute Gasteiger partial charge is 0.481 e. The van der Waals surface area contributed by atoms with E-state index in [0.717, 1.165) is 17.7 Å². The third kappa shape index (κ3) is 2.65. The molecule has 0 saturated heterocycles. The van der Waals surface area contributed by atoms with Crippen molar-refractivity contribution in [1.82, 2.24) is 0 Å². The lowest BCUT2D eigenvalue weighted by Gasteiger charge is -2.24. The fraction of sp³-hybridized carbons (Fsp3) is 0.300. The van der Waals surface area contributed by atoms with E-state index < -0.39 is 17.8 Å². The number of rotatable bonds is 4. The van der Waals surface area contributed by atoms with E-state index in [2.05, 4.69) is 5.32 Å².